The summed E-state index contributed by atoms with van der Waals surface area (Å²) in [5, 5.41) is 0. The van der Waals surface area contributed by atoms with Crippen molar-refractivity contribution < 1.29 is 9.59 Å². The lowest BCUT2D eigenvalue weighted by atomic mass is 9.97. The van der Waals surface area contributed by atoms with E-state index in [0.29, 0.717) is 12.2 Å². The molecule has 30 heavy (non-hydrogen) atoms. The van der Waals surface area contributed by atoms with E-state index in [2.05, 4.69) is 18.2 Å². The zero-order valence-corrected chi connectivity index (χ0v) is 17.6. The summed E-state index contributed by atoms with van der Waals surface area (Å²) in [7, 11) is 0. The summed E-state index contributed by atoms with van der Waals surface area (Å²) < 4.78 is 0. The summed E-state index contributed by atoms with van der Waals surface area (Å²) in [4.78, 5) is 29.5. The molecule has 152 valence electrons. The van der Waals surface area contributed by atoms with E-state index < -0.39 is 5.54 Å². The normalized spacial score (nSPS) is 15.7. The van der Waals surface area contributed by atoms with Gasteiger partial charge in [-0.2, -0.15) is 0 Å². The molecule has 3 amide bonds. The maximum absolute atomic E-state index is 13.3. The van der Waals surface area contributed by atoms with E-state index >= 15 is 0 Å². The SMILES string of the molecule is Cc1ccc(N2C(=O)N(Cc3ccccc3Cc3ccccc3)C(C)(C)C2=O)cc1. The van der Waals surface area contributed by atoms with E-state index in [1.165, 1.54) is 10.5 Å². The van der Waals surface area contributed by atoms with Gasteiger partial charge in [0.15, 0.2) is 0 Å². The van der Waals surface area contributed by atoms with Crippen LogP contribution in [0.25, 0.3) is 0 Å². The van der Waals surface area contributed by atoms with Gasteiger partial charge in [-0.1, -0.05) is 72.3 Å². The average molecular weight is 399 g/mol. The number of urea groups is 1. The molecule has 1 aliphatic heterocycles. The van der Waals surface area contributed by atoms with Gasteiger partial charge in [-0.25, -0.2) is 9.69 Å². The Morgan fingerprint density at radius 1 is 0.767 bits per heavy atom. The highest BCUT2D eigenvalue weighted by molar-refractivity contribution is 6.22. The molecule has 0 radical (unpaired) electrons. The largest absolute Gasteiger partial charge is 0.332 e. The monoisotopic (exact) mass is 398 g/mol. The molecule has 0 spiro atoms. The van der Waals surface area contributed by atoms with E-state index in [0.717, 1.165) is 23.1 Å². The van der Waals surface area contributed by atoms with Crippen LogP contribution < -0.4 is 4.90 Å². The maximum atomic E-state index is 13.3. The second kappa shape index (κ2) is 7.79. The van der Waals surface area contributed by atoms with Gasteiger partial charge in [0, 0.05) is 6.54 Å². The predicted octanol–water partition coefficient (Wildman–Crippen LogP) is 5.33. The van der Waals surface area contributed by atoms with E-state index in [1.54, 1.807) is 4.90 Å². The maximum Gasteiger partial charge on any atom is 0.332 e. The van der Waals surface area contributed by atoms with Crippen molar-refractivity contribution >= 4 is 17.6 Å². The Labute approximate surface area is 177 Å². The molecular weight excluding hydrogens is 372 g/mol. The molecule has 0 atom stereocenters. The van der Waals surface area contributed by atoms with Crippen LogP contribution in [0.3, 0.4) is 0 Å². The second-order valence-corrected chi connectivity index (χ2v) is 8.33. The van der Waals surface area contributed by atoms with Gasteiger partial charge in [0.2, 0.25) is 0 Å². The van der Waals surface area contributed by atoms with Crippen molar-refractivity contribution in [2.45, 2.75) is 39.3 Å². The molecule has 0 unspecified atom stereocenters. The van der Waals surface area contributed by atoms with Crippen LogP contribution in [-0.2, 0) is 17.8 Å². The van der Waals surface area contributed by atoms with Crippen molar-refractivity contribution in [1.29, 1.82) is 0 Å². The van der Waals surface area contributed by atoms with Gasteiger partial charge < -0.3 is 4.90 Å². The molecule has 0 aromatic heterocycles. The molecule has 4 nitrogen and oxygen atoms in total. The van der Waals surface area contributed by atoms with Crippen molar-refractivity contribution in [3.63, 3.8) is 0 Å². The van der Waals surface area contributed by atoms with Gasteiger partial charge in [-0.15, -0.1) is 0 Å². The van der Waals surface area contributed by atoms with Crippen LogP contribution in [0.15, 0.2) is 78.9 Å². The number of benzene rings is 3. The number of amides is 3. The fraction of sp³-hybridized carbons (Fsp3) is 0.231. The zero-order valence-electron chi connectivity index (χ0n) is 17.6. The lowest BCUT2D eigenvalue weighted by molar-refractivity contribution is -0.123. The summed E-state index contributed by atoms with van der Waals surface area (Å²) in [5.41, 5.74) is 4.22. The van der Waals surface area contributed by atoms with Gasteiger partial charge in [-0.05, 0) is 56.0 Å². The van der Waals surface area contributed by atoms with E-state index in [-0.39, 0.29) is 11.9 Å². The average Bonchev–Trinajstić information content (AvgIpc) is 2.90. The van der Waals surface area contributed by atoms with Crippen LogP contribution in [0, 0.1) is 6.92 Å². The summed E-state index contributed by atoms with van der Waals surface area (Å²) >= 11 is 0. The molecule has 0 bridgehead atoms. The molecule has 3 aromatic rings. The number of carbonyl (C=O) groups is 2. The fourth-order valence-electron chi connectivity index (χ4n) is 3.89. The van der Waals surface area contributed by atoms with Gasteiger partial charge in [-0.3, -0.25) is 4.79 Å². The van der Waals surface area contributed by atoms with Crippen molar-refractivity contribution in [2.24, 2.45) is 0 Å². The van der Waals surface area contributed by atoms with Crippen LogP contribution in [0.4, 0.5) is 10.5 Å². The first-order valence-corrected chi connectivity index (χ1v) is 10.2. The van der Waals surface area contributed by atoms with E-state index in [1.807, 2.05) is 81.4 Å². The molecule has 4 heteroatoms. The first-order valence-electron chi connectivity index (χ1n) is 10.2. The molecule has 1 saturated heterocycles. The van der Waals surface area contributed by atoms with E-state index in [9.17, 15) is 9.59 Å². The molecule has 4 rings (SSSR count). The second-order valence-electron chi connectivity index (χ2n) is 8.33. The van der Waals surface area contributed by atoms with Crippen LogP contribution in [0.2, 0.25) is 0 Å². The van der Waals surface area contributed by atoms with Crippen LogP contribution >= 0.6 is 0 Å². The molecular formula is C26H26N2O2. The minimum Gasteiger partial charge on any atom is -0.305 e. The minimum atomic E-state index is -0.915. The van der Waals surface area contributed by atoms with Crippen LogP contribution in [0.5, 0.6) is 0 Å². The summed E-state index contributed by atoms with van der Waals surface area (Å²) in [6, 6.07) is 25.6. The first kappa shape index (κ1) is 19.9. The molecule has 1 heterocycles. The lowest BCUT2D eigenvalue weighted by Gasteiger charge is -2.28. The van der Waals surface area contributed by atoms with E-state index in [4.69, 9.17) is 0 Å². The molecule has 0 aliphatic carbocycles. The first-order chi connectivity index (χ1) is 14.4. The van der Waals surface area contributed by atoms with Crippen molar-refractivity contribution in [3.05, 3.63) is 101 Å². The molecule has 1 aliphatic rings. The Balaban J connectivity index is 1.64. The number of rotatable bonds is 5. The third kappa shape index (κ3) is 3.61. The minimum absolute atomic E-state index is 0.197. The Morgan fingerprint density at radius 3 is 2.03 bits per heavy atom. The van der Waals surface area contributed by atoms with Gasteiger partial charge in [0.25, 0.3) is 5.91 Å². The quantitative estimate of drug-likeness (QED) is 0.545. The molecule has 0 N–H and O–H groups in total. The molecule has 3 aromatic carbocycles. The number of hydrogen-bond acceptors (Lipinski definition) is 2. The predicted molar refractivity (Wildman–Crippen MR) is 119 cm³/mol. The fourth-order valence-corrected chi connectivity index (χ4v) is 3.89. The standard InChI is InChI=1S/C26H26N2O2/c1-19-13-15-23(16-14-19)28-24(29)26(2,3)27(25(28)30)18-22-12-8-7-11-21(22)17-20-9-5-4-6-10-20/h4-16H,17-18H2,1-3H3. The third-order valence-electron chi connectivity index (χ3n) is 5.80. The Bertz CT molecular complexity index is 1070. The molecule has 0 saturated carbocycles. The zero-order chi connectivity index (χ0) is 21.3. The van der Waals surface area contributed by atoms with Gasteiger partial charge in [0.05, 0.1) is 5.69 Å². The van der Waals surface area contributed by atoms with Gasteiger partial charge in [0.1, 0.15) is 5.54 Å². The number of anilines is 1. The number of aryl methyl sites for hydroxylation is 1. The highest BCUT2D eigenvalue weighted by Crippen LogP contribution is 2.34. The Kier molecular flexibility index (Phi) is 5.17. The number of imide groups is 1. The van der Waals surface area contributed by atoms with Crippen molar-refractivity contribution in [1.82, 2.24) is 4.90 Å². The van der Waals surface area contributed by atoms with Crippen molar-refractivity contribution in [3.8, 4) is 0 Å². The number of carbonyl (C=O) groups excluding carboxylic acids is 2. The summed E-state index contributed by atoms with van der Waals surface area (Å²) in [5.74, 6) is -0.197. The van der Waals surface area contributed by atoms with Crippen molar-refractivity contribution in [2.75, 3.05) is 4.90 Å². The van der Waals surface area contributed by atoms with Crippen LogP contribution in [0.1, 0.15) is 36.1 Å². The Morgan fingerprint density at radius 2 is 1.37 bits per heavy atom. The number of hydrogen-bond donors (Lipinski definition) is 0. The van der Waals surface area contributed by atoms with Crippen LogP contribution in [-0.4, -0.2) is 22.4 Å². The lowest BCUT2D eigenvalue weighted by Crippen LogP contribution is -2.43. The third-order valence-corrected chi connectivity index (χ3v) is 5.80. The highest BCUT2D eigenvalue weighted by atomic mass is 16.2. The summed E-state index contributed by atoms with van der Waals surface area (Å²) in [6.45, 7) is 6.02. The Hall–Kier alpha value is -3.40. The van der Waals surface area contributed by atoms with Gasteiger partial charge >= 0.3 is 6.03 Å². The molecule has 1 fully saturated rings. The highest BCUT2D eigenvalue weighted by Gasteiger charge is 2.51. The summed E-state index contributed by atoms with van der Waals surface area (Å²) in [6.07, 6.45) is 0.787. The smallest absolute Gasteiger partial charge is 0.305 e. The topological polar surface area (TPSA) is 40.6 Å². The number of nitrogens with zero attached hydrogens (tertiary/aromatic N) is 2.